The highest BCUT2D eigenvalue weighted by atomic mass is 35.5. The van der Waals surface area contributed by atoms with E-state index in [1.54, 1.807) is 25.4 Å². The monoisotopic (exact) mass is 580 g/mol. The van der Waals surface area contributed by atoms with Crippen LogP contribution >= 0.6 is 19.4 Å². The average Bonchev–Trinajstić information content (AvgIpc) is 3.57. The molecule has 6 N–H and O–H groups in total. The summed E-state index contributed by atoms with van der Waals surface area (Å²) in [7, 11) is -2.98. The maximum atomic E-state index is 13.3. The molecule has 2 heterocycles. The molecule has 1 amide bonds. The SMILES string of the molecule is COc1ccc(CNc2nc(N3CC4CC4C3CN)ncc2C(=O)NC2CCC(OP(=O)(O)O)CC2)cc1Cl. The van der Waals surface area contributed by atoms with Crippen LogP contribution in [0, 0.1) is 11.8 Å². The van der Waals surface area contributed by atoms with Crippen LogP contribution < -0.4 is 26.0 Å². The van der Waals surface area contributed by atoms with E-state index in [0.29, 0.717) is 78.7 Å². The van der Waals surface area contributed by atoms with Crippen LogP contribution in [0.15, 0.2) is 24.4 Å². The number of fused-ring (bicyclic) bond motifs is 1. The number of amides is 1. The van der Waals surface area contributed by atoms with E-state index in [4.69, 9.17) is 41.4 Å². The molecular formula is C25H34ClN6O6P. The molecule has 3 aliphatic rings. The van der Waals surface area contributed by atoms with Gasteiger partial charge in [-0.2, -0.15) is 4.98 Å². The number of nitrogens with zero attached hydrogens (tertiary/aromatic N) is 3. The van der Waals surface area contributed by atoms with E-state index in [9.17, 15) is 9.36 Å². The van der Waals surface area contributed by atoms with E-state index in [0.717, 1.165) is 12.1 Å². The van der Waals surface area contributed by atoms with Crippen molar-refractivity contribution in [2.45, 2.75) is 56.8 Å². The summed E-state index contributed by atoms with van der Waals surface area (Å²) < 4.78 is 21.2. The molecule has 1 aromatic carbocycles. The van der Waals surface area contributed by atoms with E-state index in [1.807, 2.05) is 6.07 Å². The number of nitrogens with one attached hydrogen (secondary N) is 2. The maximum Gasteiger partial charge on any atom is 0.469 e. The molecule has 2 aromatic rings. The molecule has 0 spiro atoms. The van der Waals surface area contributed by atoms with Crippen molar-refractivity contribution in [1.29, 1.82) is 0 Å². The van der Waals surface area contributed by atoms with Gasteiger partial charge in [0.1, 0.15) is 17.1 Å². The van der Waals surface area contributed by atoms with E-state index >= 15 is 0 Å². The van der Waals surface area contributed by atoms with Gasteiger partial charge in [-0.1, -0.05) is 17.7 Å². The molecule has 1 aliphatic heterocycles. The predicted octanol–water partition coefficient (Wildman–Crippen LogP) is 2.68. The largest absolute Gasteiger partial charge is 0.495 e. The summed E-state index contributed by atoms with van der Waals surface area (Å²) in [6.07, 6.45) is 4.15. The minimum Gasteiger partial charge on any atom is -0.495 e. The van der Waals surface area contributed by atoms with Crippen molar-refractivity contribution in [3.8, 4) is 5.75 Å². The Morgan fingerprint density at radius 2 is 2.05 bits per heavy atom. The fourth-order valence-electron chi connectivity index (χ4n) is 5.69. The molecule has 1 saturated heterocycles. The zero-order valence-corrected chi connectivity index (χ0v) is 23.3. The Labute approximate surface area is 231 Å². The number of piperidine rings is 1. The first-order valence-electron chi connectivity index (χ1n) is 13.1. The number of halogens is 1. The maximum absolute atomic E-state index is 13.3. The summed E-state index contributed by atoms with van der Waals surface area (Å²) in [5.74, 6) is 2.39. The summed E-state index contributed by atoms with van der Waals surface area (Å²) in [6, 6.07) is 5.50. The fraction of sp³-hybridized carbons (Fsp3) is 0.560. The number of hydrogen-bond acceptors (Lipinski definition) is 9. The molecule has 0 bridgehead atoms. The van der Waals surface area contributed by atoms with E-state index in [-0.39, 0.29) is 18.0 Å². The van der Waals surface area contributed by atoms with Crippen LogP contribution in [0.1, 0.15) is 48.0 Å². The van der Waals surface area contributed by atoms with Crippen LogP contribution in [-0.2, 0) is 15.6 Å². The average molecular weight is 581 g/mol. The summed E-state index contributed by atoms with van der Waals surface area (Å²) in [6.45, 7) is 1.75. The van der Waals surface area contributed by atoms with E-state index in [2.05, 4.69) is 20.5 Å². The number of nitrogens with two attached hydrogens (primary N) is 1. The lowest BCUT2D eigenvalue weighted by atomic mass is 9.93. The number of carbonyl (C=O) groups is 1. The zero-order chi connectivity index (χ0) is 27.7. The Kier molecular flexibility index (Phi) is 8.32. The van der Waals surface area contributed by atoms with Gasteiger partial charge in [0.15, 0.2) is 0 Å². The molecule has 3 fully saturated rings. The van der Waals surface area contributed by atoms with Crippen molar-refractivity contribution < 1.29 is 28.4 Å². The number of carbonyl (C=O) groups excluding carboxylic acids is 1. The first kappa shape index (κ1) is 28.1. The molecule has 212 valence electrons. The van der Waals surface area contributed by atoms with Gasteiger partial charge in [-0.05, 0) is 61.6 Å². The number of methoxy groups -OCH3 is 1. The first-order chi connectivity index (χ1) is 18.6. The van der Waals surface area contributed by atoms with Crippen LogP contribution in [0.3, 0.4) is 0 Å². The molecule has 3 unspecified atom stereocenters. The zero-order valence-electron chi connectivity index (χ0n) is 21.6. The van der Waals surface area contributed by atoms with Gasteiger partial charge in [-0.15, -0.1) is 0 Å². The van der Waals surface area contributed by atoms with Crippen LogP contribution in [-0.4, -0.2) is 64.0 Å². The van der Waals surface area contributed by atoms with Gasteiger partial charge in [0, 0.05) is 37.9 Å². The highest BCUT2D eigenvalue weighted by molar-refractivity contribution is 7.46. The number of phosphoric acid groups is 1. The van der Waals surface area contributed by atoms with Gasteiger partial charge in [0.2, 0.25) is 5.95 Å². The first-order valence-corrected chi connectivity index (χ1v) is 15.0. The third-order valence-corrected chi connectivity index (χ3v) is 8.66. The van der Waals surface area contributed by atoms with Gasteiger partial charge >= 0.3 is 7.82 Å². The van der Waals surface area contributed by atoms with Gasteiger partial charge < -0.3 is 35.8 Å². The fourth-order valence-corrected chi connectivity index (χ4v) is 6.57. The van der Waals surface area contributed by atoms with Gasteiger partial charge in [0.05, 0.1) is 18.2 Å². The lowest BCUT2D eigenvalue weighted by Gasteiger charge is -2.29. The molecule has 5 rings (SSSR count). The van der Waals surface area contributed by atoms with Crippen LogP contribution in [0.25, 0.3) is 0 Å². The molecule has 2 aliphatic carbocycles. The molecule has 0 radical (unpaired) electrons. The molecular weight excluding hydrogens is 547 g/mol. The molecule has 1 aromatic heterocycles. The minimum atomic E-state index is -4.54. The number of phosphoric ester groups is 1. The molecule has 39 heavy (non-hydrogen) atoms. The van der Waals surface area contributed by atoms with Crippen molar-refractivity contribution in [2.75, 3.05) is 30.4 Å². The van der Waals surface area contributed by atoms with Gasteiger partial charge in [-0.3, -0.25) is 9.32 Å². The third kappa shape index (κ3) is 6.65. The van der Waals surface area contributed by atoms with Crippen LogP contribution in [0.2, 0.25) is 5.02 Å². The standard InChI is InChI=1S/C25H34ClN6O6P/c1-37-22-7-2-14(8-20(22)26)11-28-23-19(12-29-25(31-23)32-13-15-9-18(15)21(32)10-27)24(33)30-16-3-5-17(6-4-16)38-39(34,35)36/h2,7-8,12,15-18,21H,3-6,9-11,13,27H2,1H3,(H,30,33)(H,28,29,31)(H2,34,35,36). The predicted molar refractivity (Wildman–Crippen MR) is 146 cm³/mol. The highest BCUT2D eigenvalue weighted by Gasteiger charge is 2.52. The lowest BCUT2D eigenvalue weighted by Crippen LogP contribution is -2.41. The van der Waals surface area contributed by atoms with Crippen molar-refractivity contribution in [2.24, 2.45) is 17.6 Å². The number of benzene rings is 1. The molecule has 2 saturated carbocycles. The van der Waals surface area contributed by atoms with Gasteiger partial charge in [0.25, 0.3) is 5.91 Å². The molecule has 3 atom stereocenters. The third-order valence-electron chi connectivity index (χ3n) is 7.79. The number of anilines is 2. The second kappa shape index (κ2) is 11.6. The molecule has 12 nitrogen and oxygen atoms in total. The normalized spacial score (nSPS) is 26.2. The highest BCUT2D eigenvalue weighted by Crippen LogP contribution is 2.50. The number of ether oxygens (including phenoxy) is 1. The quantitative estimate of drug-likeness (QED) is 0.262. The van der Waals surface area contributed by atoms with Gasteiger partial charge in [-0.25, -0.2) is 9.55 Å². The smallest absolute Gasteiger partial charge is 0.469 e. The topological polar surface area (TPSA) is 172 Å². The second-order valence-corrected chi connectivity index (χ2v) is 12.0. The summed E-state index contributed by atoms with van der Waals surface area (Å²) in [5, 5.41) is 6.80. The Bertz CT molecular complexity index is 1260. The number of aromatic nitrogens is 2. The lowest BCUT2D eigenvalue weighted by molar-refractivity contribution is 0.0820. The Morgan fingerprint density at radius 1 is 1.28 bits per heavy atom. The summed E-state index contributed by atoms with van der Waals surface area (Å²) >= 11 is 6.29. The van der Waals surface area contributed by atoms with E-state index < -0.39 is 13.9 Å². The second-order valence-electron chi connectivity index (χ2n) is 10.4. The van der Waals surface area contributed by atoms with Crippen LogP contribution in [0.4, 0.5) is 11.8 Å². The van der Waals surface area contributed by atoms with Crippen molar-refractivity contribution in [3.05, 3.63) is 40.5 Å². The Hall–Kier alpha value is -2.47. The Morgan fingerprint density at radius 3 is 2.72 bits per heavy atom. The minimum absolute atomic E-state index is 0.158. The van der Waals surface area contributed by atoms with Crippen molar-refractivity contribution >= 4 is 37.1 Å². The van der Waals surface area contributed by atoms with E-state index in [1.165, 1.54) is 6.42 Å². The Balaban J connectivity index is 1.31. The van der Waals surface area contributed by atoms with Crippen LogP contribution in [0.5, 0.6) is 5.75 Å². The molecule has 14 heteroatoms. The number of rotatable bonds is 10. The number of hydrogen-bond donors (Lipinski definition) is 5. The van der Waals surface area contributed by atoms with Crippen molar-refractivity contribution in [3.63, 3.8) is 0 Å². The summed E-state index contributed by atoms with van der Waals surface area (Å²) in [5.41, 5.74) is 7.26. The van der Waals surface area contributed by atoms with Crippen molar-refractivity contribution in [1.82, 2.24) is 15.3 Å². The summed E-state index contributed by atoms with van der Waals surface area (Å²) in [4.78, 5) is 42.9.